The van der Waals surface area contributed by atoms with Crippen LogP contribution in [0.2, 0.25) is 0 Å². The Labute approximate surface area is 101 Å². The molecule has 1 aliphatic carbocycles. The quantitative estimate of drug-likeness (QED) is 0.588. The van der Waals surface area contributed by atoms with E-state index in [0.717, 1.165) is 6.42 Å². The van der Waals surface area contributed by atoms with E-state index in [9.17, 15) is 4.79 Å². The van der Waals surface area contributed by atoms with Gasteiger partial charge in [-0.1, -0.05) is 65.2 Å². The minimum atomic E-state index is 0.223. The molecule has 1 rings (SSSR count). The van der Waals surface area contributed by atoms with Gasteiger partial charge in [-0.3, -0.25) is 0 Å². The van der Waals surface area contributed by atoms with Crippen LogP contribution in [-0.2, 0) is 4.79 Å². The third-order valence-electron chi connectivity index (χ3n) is 4.25. The molecule has 16 heavy (non-hydrogen) atoms. The number of hydrogen-bond donors (Lipinski definition) is 0. The van der Waals surface area contributed by atoms with Crippen molar-refractivity contribution < 1.29 is 4.79 Å². The van der Waals surface area contributed by atoms with Crippen LogP contribution in [0.4, 0.5) is 0 Å². The van der Waals surface area contributed by atoms with Crippen molar-refractivity contribution in [1.29, 1.82) is 0 Å². The smallest absolute Gasteiger partial charge is 0.123 e. The summed E-state index contributed by atoms with van der Waals surface area (Å²) < 4.78 is 0. The van der Waals surface area contributed by atoms with E-state index in [4.69, 9.17) is 0 Å². The number of carbonyl (C=O) groups excluding carboxylic acids is 1. The van der Waals surface area contributed by atoms with Gasteiger partial charge in [-0.2, -0.15) is 0 Å². The minimum absolute atomic E-state index is 0.223. The lowest BCUT2D eigenvalue weighted by molar-refractivity contribution is -0.114. The highest BCUT2D eigenvalue weighted by Crippen LogP contribution is 2.35. The molecule has 1 fully saturated rings. The molecule has 0 bridgehead atoms. The van der Waals surface area contributed by atoms with E-state index >= 15 is 0 Å². The Balaban J connectivity index is 2.49. The first-order valence-electron chi connectivity index (χ1n) is 7.12. The van der Waals surface area contributed by atoms with Gasteiger partial charge >= 0.3 is 0 Å². The molecule has 0 aromatic rings. The third kappa shape index (κ3) is 4.67. The van der Waals surface area contributed by atoms with E-state index in [0.29, 0.717) is 0 Å². The van der Waals surface area contributed by atoms with E-state index in [1.54, 1.807) is 0 Å². The summed E-state index contributed by atoms with van der Waals surface area (Å²) in [5.74, 6) is 0.284. The number of rotatable bonds is 1. The predicted molar refractivity (Wildman–Crippen MR) is 69.5 cm³/mol. The average Bonchev–Trinajstić information content (AvgIpc) is 2.23. The molecule has 0 amide bonds. The molecule has 0 aliphatic heterocycles. The summed E-state index contributed by atoms with van der Waals surface area (Å²) in [6.07, 6.45) is 14.3. The van der Waals surface area contributed by atoms with Gasteiger partial charge in [-0.05, 0) is 18.3 Å². The van der Waals surface area contributed by atoms with Gasteiger partial charge < -0.3 is 4.79 Å². The summed E-state index contributed by atoms with van der Waals surface area (Å²) in [6, 6.07) is 0. The monoisotopic (exact) mass is 224 g/mol. The molecular formula is C15H28O. The lowest BCUT2D eigenvalue weighted by Gasteiger charge is -2.31. The fourth-order valence-electron chi connectivity index (χ4n) is 2.83. The zero-order valence-electron chi connectivity index (χ0n) is 11.1. The Hall–Kier alpha value is -0.330. The minimum Gasteiger partial charge on any atom is -0.303 e. The van der Waals surface area contributed by atoms with Crippen LogP contribution in [0.15, 0.2) is 0 Å². The number of hydrogen-bond acceptors (Lipinski definition) is 1. The zero-order valence-corrected chi connectivity index (χ0v) is 11.1. The maximum atomic E-state index is 11.2. The summed E-state index contributed by atoms with van der Waals surface area (Å²) >= 11 is 0. The van der Waals surface area contributed by atoms with Crippen LogP contribution in [0.1, 0.15) is 78.1 Å². The van der Waals surface area contributed by atoms with Crippen molar-refractivity contribution in [1.82, 2.24) is 0 Å². The molecule has 0 heterocycles. The van der Waals surface area contributed by atoms with Crippen LogP contribution < -0.4 is 0 Å². The van der Waals surface area contributed by atoms with Crippen LogP contribution in [-0.4, -0.2) is 6.29 Å². The zero-order chi connectivity index (χ0) is 11.9. The average molecular weight is 224 g/mol. The maximum Gasteiger partial charge on any atom is 0.123 e. The Bertz CT molecular complexity index is 196. The van der Waals surface area contributed by atoms with Gasteiger partial charge in [0.1, 0.15) is 6.29 Å². The maximum absolute atomic E-state index is 11.2. The van der Waals surface area contributed by atoms with Crippen molar-refractivity contribution in [3.8, 4) is 0 Å². The van der Waals surface area contributed by atoms with E-state index < -0.39 is 0 Å². The molecule has 1 unspecified atom stereocenters. The van der Waals surface area contributed by atoms with Gasteiger partial charge in [0.25, 0.3) is 0 Å². The topological polar surface area (TPSA) is 17.1 Å². The highest BCUT2D eigenvalue weighted by molar-refractivity contribution is 5.54. The highest BCUT2D eigenvalue weighted by atomic mass is 16.1. The Kier molecular flexibility index (Phi) is 6.08. The van der Waals surface area contributed by atoms with Crippen LogP contribution in [0.25, 0.3) is 0 Å². The van der Waals surface area contributed by atoms with E-state index in [1.807, 2.05) is 0 Å². The van der Waals surface area contributed by atoms with Crippen molar-refractivity contribution in [2.75, 3.05) is 0 Å². The van der Waals surface area contributed by atoms with Gasteiger partial charge in [0.05, 0.1) is 0 Å². The standard InChI is InChI=1S/C15H28O/c1-15(2)12-10-8-6-4-3-5-7-9-11-14(15)13-16/h13-14H,3-12H2,1-2H3. The van der Waals surface area contributed by atoms with Gasteiger partial charge in [-0.25, -0.2) is 0 Å². The summed E-state index contributed by atoms with van der Waals surface area (Å²) in [7, 11) is 0. The fraction of sp³-hybridized carbons (Fsp3) is 0.933. The van der Waals surface area contributed by atoms with Crippen molar-refractivity contribution in [2.45, 2.75) is 78.1 Å². The first-order chi connectivity index (χ1) is 7.67. The van der Waals surface area contributed by atoms with E-state index in [1.165, 1.54) is 64.1 Å². The number of aldehydes is 1. The number of carbonyl (C=O) groups is 1. The molecular weight excluding hydrogens is 196 g/mol. The van der Waals surface area contributed by atoms with Crippen molar-refractivity contribution in [2.24, 2.45) is 11.3 Å². The first kappa shape index (κ1) is 13.7. The normalized spacial score (nSPS) is 28.8. The lowest BCUT2D eigenvalue weighted by atomic mass is 9.73. The van der Waals surface area contributed by atoms with Crippen LogP contribution >= 0.6 is 0 Å². The molecule has 0 N–H and O–H groups in total. The molecule has 1 saturated carbocycles. The van der Waals surface area contributed by atoms with E-state index in [2.05, 4.69) is 13.8 Å². The van der Waals surface area contributed by atoms with E-state index in [-0.39, 0.29) is 11.3 Å². The molecule has 0 saturated heterocycles. The third-order valence-corrected chi connectivity index (χ3v) is 4.25. The summed E-state index contributed by atoms with van der Waals surface area (Å²) in [4.78, 5) is 11.2. The van der Waals surface area contributed by atoms with Gasteiger partial charge in [0.15, 0.2) is 0 Å². The Morgan fingerprint density at radius 1 is 0.875 bits per heavy atom. The SMILES string of the molecule is CC1(C)CCCCCCCCCCC1C=O. The first-order valence-corrected chi connectivity index (χ1v) is 7.12. The van der Waals surface area contributed by atoms with Crippen molar-refractivity contribution >= 4 is 6.29 Å². The van der Waals surface area contributed by atoms with Gasteiger partial charge in [0, 0.05) is 5.92 Å². The molecule has 1 heteroatoms. The second kappa shape index (κ2) is 7.09. The summed E-state index contributed by atoms with van der Waals surface area (Å²) in [5.41, 5.74) is 0.223. The molecule has 0 radical (unpaired) electrons. The van der Waals surface area contributed by atoms with Crippen LogP contribution in [0, 0.1) is 11.3 Å². The van der Waals surface area contributed by atoms with Crippen molar-refractivity contribution in [3.05, 3.63) is 0 Å². The van der Waals surface area contributed by atoms with Gasteiger partial charge in [-0.15, -0.1) is 0 Å². The van der Waals surface area contributed by atoms with Crippen LogP contribution in [0.5, 0.6) is 0 Å². The Morgan fingerprint density at radius 2 is 1.38 bits per heavy atom. The molecule has 0 aromatic carbocycles. The predicted octanol–water partition coefficient (Wildman–Crippen LogP) is 4.74. The highest BCUT2D eigenvalue weighted by Gasteiger charge is 2.28. The summed E-state index contributed by atoms with van der Waals surface area (Å²) in [6.45, 7) is 4.55. The molecule has 1 nitrogen and oxygen atoms in total. The van der Waals surface area contributed by atoms with Gasteiger partial charge in [0.2, 0.25) is 0 Å². The molecule has 0 spiro atoms. The fourth-order valence-corrected chi connectivity index (χ4v) is 2.83. The Morgan fingerprint density at radius 3 is 1.94 bits per heavy atom. The van der Waals surface area contributed by atoms with Crippen LogP contribution in [0.3, 0.4) is 0 Å². The molecule has 1 atom stereocenters. The molecule has 1 aliphatic rings. The van der Waals surface area contributed by atoms with Crippen molar-refractivity contribution in [3.63, 3.8) is 0 Å². The molecule has 94 valence electrons. The molecule has 0 aromatic heterocycles. The lowest BCUT2D eigenvalue weighted by Crippen LogP contribution is -2.25. The summed E-state index contributed by atoms with van der Waals surface area (Å²) in [5, 5.41) is 0. The second-order valence-electron chi connectivity index (χ2n) is 6.10. The second-order valence-corrected chi connectivity index (χ2v) is 6.10. The largest absolute Gasteiger partial charge is 0.303 e.